The van der Waals surface area contributed by atoms with Crippen LogP contribution in [0.2, 0.25) is 0 Å². The minimum Gasteiger partial charge on any atom is -0.508 e. The van der Waals surface area contributed by atoms with Gasteiger partial charge in [0.15, 0.2) is 11.4 Å². The van der Waals surface area contributed by atoms with Crippen molar-refractivity contribution in [1.82, 2.24) is 4.90 Å². The normalized spacial score (nSPS) is 26.7. The summed E-state index contributed by atoms with van der Waals surface area (Å²) in [6.07, 6.45) is 0.129. The molecular weight excluding hydrogens is 564 g/mol. The Hall–Kier alpha value is -3.42. The first-order valence-electron chi connectivity index (χ1n) is 11.7. The summed E-state index contributed by atoms with van der Waals surface area (Å²) in [6.45, 7) is 0. The second-order valence-electron chi connectivity index (χ2n) is 10.2. The van der Waals surface area contributed by atoms with Crippen molar-refractivity contribution >= 4 is 56.4 Å². The van der Waals surface area contributed by atoms with Crippen molar-refractivity contribution in [2.45, 2.75) is 24.5 Å². The molecular formula is C25H29BrN4O8. The zero-order chi connectivity index (χ0) is 28.4. The van der Waals surface area contributed by atoms with E-state index in [9.17, 15) is 39.6 Å². The van der Waals surface area contributed by atoms with Gasteiger partial charge in [-0.1, -0.05) is 15.9 Å². The molecule has 204 valence electrons. The maximum Gasteiger partial charge on any atom is 0.255 e. The quantitative estimate of drug-likeness (QED) is 0.158. The molecule has 1 aromatic carbocycles. The number of aromatic hydroxyl groups is 1. The van der Waals surface area contributed by atoms with Crippen molar-refractivity contribution in [2.24, 2.45) is 17.6 Å². The van der Waals surface area contributed by atoms with Crippen molar-refractivity contribution in [3.05, 3.63) is 34.1 Å². The molecule has 38 heavy (non-hydrogen) atoms. The average molecular weight is 593 g/mol. The highest BCUT2D eigenvalue weighted by molar-refractivity contribution is 9.09. The van der Waals surface area contributed by atoms with E-state index in [2.05, 4.69) is 21.2 Å². The highest BCUT2D eigenvalue weighted by Gasteiger charge is 2.64. The van der Waals surface area contributed by atoms with Gasteiger partial charge < -0.3 is 36.4 Å². The summed E-state index contributed by atoms with van der Waals surface area (Å²) in [7, 11) is 6.55. The Kier molecular flexibility index (Phi) is 6.83. The van der Waals surface area contributed by atoms with E-state index < -0.39 is 69.7 Å². The highest BCUT2D eigenvalue weighted by Crippen LogP contribution is 2.54. The van der Waals surface area contributed by atoms with Crippen LogP contribution < -0.4 is 16.0 Å². The van der Waals surface area contributed by atoms with E-state index in [-0.39, 0.29) is 35.0 Å². The number of carbonyl (C=O) groups is 4. The molecule has 0 saturated heterocycles. The molecule has 12 nitrogen and oxygen atoms in total. The summed E-state index contributed by atoms with van der Waals surface area (Å²) >= 11 is 3.04. The summed E-state index contributed by atoms with van der Waals surface area (Å²) < 4.78 is 0. The number of phenols is 1. The second kappa shape index (κ2) is 9.40. The Bertz CT molecular complexity index is 1350. The first-order chi connectivity index (χ1) is 17.7. The van der Waals surface area contributed by atoms with Crippen LogP contribution >= 0.6 is 15.9 Å². The number of primary amides is 1. The maximum atomic E-state index is 13.9. The SMILES string of the molecule is CN(C)c1cc(NC(=O)CBr)c(O)c2c1CC1CC3[C@H](N(C)C)C(=O)C(C(N)=O)=C(O)[C@@]3(O)C(=O)C1=C2O. The summed E-state index contributed by atoms with van der Waals surface area (Å²) in [4.78, 5) is 54.4. The minimum atomic E-state index is -2.72. The fraction of sp³-hybridized carbons (Fsp3) is 0.440. The van der Waals surface area contributed by atoms with Gasteiger partial charge in [-0.25, -0.2) is 0 Å². The number of Topliss-reactive ketones (excluding diaryl/α,β-unsaturated/α-hetero) is 2. The molecule has 1 fully saturated rings. The summed E-state index contributed by atoms with van der Waals surface area (Å²) in [6, 6.07) is 0.394. The molecule has 0 heterocycles. The van der Waals surface area contributed by atoms with Gasteiger partial charge in [-0.2, -0.15) is 0 Å². The molecule has 3 aliphatic rings. The molecule has 1 aromatic rings. The Morgan fingerprint density at radius 2 is 1.82 bits per heavy atom. The van der Waals surface area contributed by atoms with Gasteiger partial charge in [0.25, 0.3) is 5.91 Å². The monoisotopic (exact) mass is 592 g/mol. The van der Waals surface area contributed by atoms with E-state index in [0.717, 1.165) is 0 Å². The van der Waals surface area contributed by atoms with Crippen LogP contribution in [-0.2, 0) is 25.6 Å². The van der Waals surface area contributed by atoms with Crippen molar-refractivity contribution < 1.29 is 39.6 Å². The smallest absolute Gasteiger partial charge is 0.255 e. The standard InChI is InChI=1S/C25H29BrN4O8/c1-29(2)13-7-12(28-14(31)8-26)19(32)16-10(13)5-9-6-11-18(30(3)4)21(34)17(24(27)37)23(36)25(11,38)22(35)15(9)20(16)33/h7,9,11,18,32-33,36,38H,5-6,8H2,1-4H3,(H2,27,37)(H,28,31)/t9?,11?,18-,25-/m0/s1. The number of nitrogens with zero attached hydrogens (tertiary/aromatic N) is 2. The zero-order valence-electron chi connectivity index (χ0n) is 21.2. The van der Waals surface area contributed by atoms with E-state index in [0.29, 0.717) is 11.3 Å². The third-order valence-electron chi connectivity index (χ3n) is 7.57. The minimum absolute atomic E-state index is 0.00274. The number of hydrogen-bond donors (Lipinski definition) is 6. The van der Waals surface area contributed by atoms with Crippen molar-refractivity contribution in [1.29, 1.82) is 0 Å². The van der Waals surface area contributed by atoms with Gasteiger partial charge in [0.2, 0.25) is 11.7 Å². The number of nitrogens with two attached hydrogens (primary N) is 1. The number of likely N-dealkylation sites (N-methyl/N-ethyl adjacent to an activating group) is 1. The average Bonchev–Trinajstić information content (AvgIpc) is 2.82. The molecule has 0 bridgehead atoms. The number of ketones is 2. The van der Waals surface area contributed by atoms with Gasteiger partial charge in [0.05, 0.1) is 22.6 Å². The van der Waals surface area contributed by atoms with Gasteiger partial charge in [0.1, 0.15) is 22.8 Å². The van der Waals surface area contributed by atoms with Crippen LogP contribution in [-0.4, -0.2) is 93.9 Å². The number of benzene rings is 1. The largest absolute Gasteiger partial charge is 0.508 e. The van der Waals surface area contributed by atoms with Gasteiger partial charge >= 0.3 is 0 Å². The first kappa shape index (κ1) is 27.6. The van der Waals surface area contributed by atoms with Crippen LogP contribution in [0, 0.1) is 11.8 Å². The van der Waals surface area contributed by atoms with Crippen LogP contribution in [0.25, 0.3) is 5.76 Å². The molecule has 2 amide bonds. The molecule has 2 unspecified atom stereocenters. The Morgan fingerprint density at radius 1 is 1.18 bits per heavy atom. The van der Waals surface area contributed by atoms with Gasteiger partial charge in [0, 0.05) is 31.3 Å². The number of rotatable bonds is 5. The molecule has 0 aliphatic heterocycles. The fourth-order valence-electron chi connectivity index (χ4n) is 5.97. The lowest BCUT2D eigenvalue weighted by molar-refractivity contribution is -0.153. The number of halogens is 1. The van der Waals surface area contributed by atoms with Crippen molar-refractivity contribution in [2.75, 3.05) is 43.7 Å². The summed E-state index contributed by atoms with van der Waals surface area (Å²) in [5, 5.41) is 47.5. The molecule has 0 radical (unpaired) electrons. The summed E-state index contributed by atoms with van der Waals surface area (Å²) in [5.41, 5.74) is 2.44. The molecule has 0 aromatic heterocycles. The number of aliphatic hydroxyl groups is 3. The molecule has 1 saturated carbocycles. The molecule has 7 N–H and O–H groups in total. The van der Waals surface area contributed by atoms with Crippen LogP contribution in [0.4, 0.5) is 11.4 Å². The van der Waals surface area contributed by atoms with Gasteiger partial charge in [-0.3, -0.25) is 24.1 Å². The number of anilines is 2. The molecule has 3 aliphatic carbocycles. The van der Waals surface area contributed by atoms with E-state index in [1.807, 2.05) is 0 Å². The molecule has 0 spiro atoms. The number of phenolic OH excluding ortho intramolecular Hbond substituents is 1. The molecule has 4 atom stereocenters. The molecule has 13 heteroatoms. The topological polar surface area (TPSA) is 194 Å². The predicted molar refractivity (Wildman–Crippen MR) is 141 cm³/mol. The van der Waals surface area contributed by atoms with Gasteiger partial charge in [-0.15, -0.1) is 0 Å². The lowest BCUT2D eigenvalue weighted by Gasteiger charge is -2.50. The van der Waals surface area contributed by atoms with E-state index >= 15 is 0 Å². The highest BCUT2D eigenvalue weighted by atomic mass is 79.9. The van der Waals surface area contributed by atoms with Crippen LogP contribution in [0.15, 0.2) is 23.0 Å². The lowest BCUT2D eigenvalue weighted by atomic mass is 9.57. The maximum absolute atomic E-state index is 13.9. The van der Waals surface area contributed by atoms with E-state index in [1.54, 1.807) is 39.2 Å². The second-order valence-corrected chi connectivity index (χ2v) is 10.7. The Balaban J connectivity index is 1.99. The van der Waals surface area contributed by atoms with E-state index in [4.69, 9.17) is 5.73 Å². The van der Waals surface area contributed by atoms with Crippen molar-refractivity contribution in [3.63, 3.8) is 0 Å². The Morgan fingerprint density at radius 3 is 2.34 bits per heavy atom. The first-order valence-corrected chi connectivity index (χ1v) is 12.9. The van der Waals surface area contributed by atoms with E-state index in [1.165, 1.54) is 4.90 Å². The number of amides is 2. The molecule has 4 rings (SSSR count). The number of aliphatic hydroxyl groups excluding tert-OH is 2. The lowest BCUT2D eigenvalue weighted by Crippen LogP contribution is -2.65. The number of hydrogen-bond acceptors (Lipinski definition) is 10. The predicted octanol–water partition coefficient (Wildman–Crippen LogP) is 0.363. The third kappa shape index (κ3) is 3.79. The Labute approximate surface area is 226 Å². The number of nitrogens with one attached hydrogen (secondary N) is 1. The van der Waals surface area contributed by atoms with Crippen LogP contribution in [0.3, 0.4) is 0 Å². The number of carbonyl (C=O) groups excluding carboxylic acids is 4. The third-order valence-corrected chi connectivity index (χ3v) is 8.08. The van der Waals surface area contributed by atoms with Gasteiger partial charge in [-0.05, 0) is 44.5 Å². The fourth-order valence-corrected chi connectivity index (χ4v) is 6.11. The number of fused-ring (bicyclic) bond motifs is 3. The zero-order valence-corrected chi connectivity index (χ0v) is 22.8. The van der Waals surface area contributed by atoms with Crippen LogP contribution in [0.5, 0.6) is 5.75 Å². The summed E-state index contributed by atoms with van der Waals surface area (Å²) in [5.74, 6) is -7.78. The van der Waals surface area contributed by atoms with Crippen LogP contribution in [0.1, 0.15) is 17.5 Å². The van der Waals surface area contributed by atoms with Crippen molar-refractivity contribution in [3.8, 4) is 5.75 Å². The number of alkyl halides is 1.